The summed E-state index contributed by atoms with van der Waals surface area (Å²) < 4.78 is 43.3. The summed E-state index contributed by atoms with van der Waals surface area (Å²) in [6.45, 7) is 0. The Kier molecular flexibility index (Phi) is 5.58. The number of anilines is 1. The number of aromatic nitrogens is 3. The van der Waals surface area contributed by atoms with Crippen molar-refractivity contribution in [3.8, 4) is 5.75 Å². The zero-order valence-corrected chi connectivity index (χ0v) is 18.5. The highest BCUT2D eigenvalue weighted by atomic mass is 79.9. The fraction of sp³-hybridized carbons (Fsp3) is 0.0526. The van der Waals surface area contributed by atoms with Gasteiger partial charge >= 0.3 is 0 Å². The summed E-state index contributed by atoms with van der Waals surface area (Å²) in [6.07, 6.45) is 3.00. The first-order valence-electron chi connectivity index (χ1n) is 8.61. The van der Waals surface area contributed by atoms with Crippen LogP contribution in [0.5, 0.6) is 5.75 Å². The molecule has 0 saturated carbocycles. The maximum absolute atomic E-state index is 12.9. The van der Waals surface area contributed by atoms with Crippen LogP contribution in [-0.2, 0) is 26.7 Å². The van der Waals surface area contributed by atoms with E-state index in [1.807, 2.05) is 0 Å². The van der Waals surface area contributed by atoms with Crippen LogP contribution in [0, 0.1) is 0 Å². The average molecular weight is 507 g/mol. The zero-order valence-electron chi connectivity index (χ0n) is 15.3. The van der Waals surface area contributed by atoms with Gasteiger partial charge in [-0.1, -0.05) is 45.4 Å². The molecule has 0 saturated heterocycles. The highest BCUT2D eigenvalue weighted by Crippen LogP contribution is 2.37. The van der Waals surface area contributed by atoms with Crippen molar-refractivity contribution in [1.29, 1.82) is 0 Å². The predicted octanol–water partition coefficient (Wildman–Crippen LogP) is 3.47. The molecule has 0 aliphatic heterocycles. The lowest BCUT2D eigenvalue weighted by Gasteiger charge is -2.15. The van der Waals surface area contributed by atoms with E-state index < -0.39 is 20.8 Å². The second-order valence-electron chi connectivity index (χ2n) is 6.29. The summed E-state index contributed by atoms with van der Waals surface area (Å²) in [5, 5.41) is 19.0. The van der Waals surface area contributed by atoms with E-state index in [9.17, 15) is 17.7 Å². The van der Waals surface area contributed by atoms with Gasteiger partial charge in [0.25, 0.3) is 10.0 Å². The normalized spacial score (nSPS) is 12.7. The first-order chi connectivity index (χ1) is 14.3. The number of aromatic hydroxyl groups is 1. The molecular weight excluding hydrogens is 492 g/mol. The van der Waals surface area contributed by atoms with Gasteiger partial charge in [0.05, 0.1) is 32.5 Å². The molecule has 154 valence electrons. The number of benzene rings is 3. The third-order valence-corrected chi connectivity index (χ3v) is 7.53. The molecule has 1 heterocycles. The number of nitrogens with zero attached hydrogens (tertiary/aromatic N) is 3. The Morgan fingerprint density at radius 1 is 1.10 bits per heavy atom. The minimum atomic E-state index is -3.91. The number of hydrogen-bond donors (Lipinski definition) is 2. The molecule has 30 heavy (non-hydrogen) atoms. The molecule has 1 unspecified atom stereocenters. The molecular formula is C19H15BrN4O4S2. The van der Waals surface area contributed by atoms with E-state index >= 15 is 0 Å². The summed E-state index contributed by atoms with van der Waals surface area (Å²) in [6, 6.07) is 14.3. The third kappa shape index (κ3) is 4.09. The van der Waals surface area contributed by atoms with Crippen LogP contribution in [0.4, 0.5) is 5.69 Å². The molecule has 8 nitrogen and oxygen atoms in total. The zero-order chi connectivity index (χ0) is 21.3. The van der Waals surface area contributed by atoms with Gasteiger partial charge in [-0.2, -0.15) is 0 Å². The smallest absolute Gasteiger partial charge is 0.261 e. The maximum atomic E-state index is 12.9. The number of fused-ring (bicyclic) bond motifs is 1. The van der Waals surface area contributed by atoms with E-state index in [1.165, 1.54) is 29.1 Å². The van der Waals surface area contributed by atoms with E-state index in [0.717, 1.165) is 4.47 Å². The number of sulfonamides is 1. The van der Waals surface area contributed by atoms with E-state index in [0.29, 0.717) is 10.8 Å². The van der Waals surface area contributed by atoms with Gasteiger partial charge in [0, 0.05) is 21.4 Å². The SMILES string of the molecule is O=S(Cn1ccnn1)c1cc(NS(=O)(=O)c2ccc(Br)cc2)c2ccccc2c1O. The van der Waals surface area contributed by atoms with Crippen molar-refractivity contribution >= 4 is 53.2 Å². The number of phenols is 1. The summed E-state index contributed by atoms with van der Waals surface area (Å²) in [5.41, 5.74) is 0.216. The molecule has 3 aromatic carbocycles. The van der Waals surface area contributed by atoms with Gasteiger partial charge in [0.1, 0.15) is 11.6 Å². The number of phenolic OH excluding ortho intramolecular Hbond substituents is 1. The van der Waals surface area contributed by atoms with Crippen LogP contribution in [0.3, 0.4) is 0 Å². The predicted molar refractivity (Wildman–Crippen MR) is 117 cm³/mol. The summed E-state index contributed by atoms with van der Waals surface area (Å²) in [5.74, 6) is -0.208. The van der Waals surface area contributed by atoms with Gasteiger partial charge in [-0.05, 0) is 30.3 Å². The van der Waals surface area contributed by atoms with Crippen LogP contribution >= 0.6 is 15.9 Å². The fourth-order valence-electron chi connectivity index (χ4n) is 2.90. The van der Waals surface area contributed by atoms with Crippen LogP contribution in [0.15, 0.2) is 81.3 Å². The highest BCUT2D eigenvalue weighted by Gasteiger charge is 2.21. The largest absolute Gasteiger partial charge is 0.506 e. The Hall–Kier alpha value is -2.76. The highest BCUT2D eigenvalue weighted by molar-refractivity contribution is 9.10. The number of hydrogen-bond acceptors (Lipinski definition) is 6. The minimum Gasteiger partial charge on any atom is -0.506 e. The molecule has 0 aliphatic rings. The average Bonchev–Trinajstić information content (AvgIpc) is 3.23. The molecule has 11 heteroatoms. The van der Waals surface area contributed by atoms with Crippen molar-refractivity contribution < 1.29 is 17.7 Å². The van der Waals surface area contributed by atoms with Crippen molar-refractivity contribution in [3.05, 3.63) is 71.5 Å². The molecule has 4 aromatic rings. The minimum absolute atomic E-state index is 0.0369. The van der Waals surface area contributed by atoms with Crippen molar-refractivity contribution in [2.45, 2.75) is 15.7 Å². The molecule has 0 radical (unpaired) electrons. The molecule has 0 aliphatic carbocycles. The number of rotatable bonds is 6. The van der Waals surface area contributed by atoms with Gasteiger partial charge in [0.2, 0.25) is 0 Å². The second-order valence-corrected chi connectivity index (χ2v) is 10.3. The molecule has 4 rings (SSSR count). The molecule has 0 amide bonds. The summed E-state index contributed by atoms with van der Waals surface area (Å²) in [7, 11) is -5.60. The first kappa shape index (κ1) is 20.5. The monoisotopic (exact) mass is 506 g/mol. The lowest BCUT2D eigenvalue weighted by molar-refractivity contribution is 0.467. The van der Waals surface area contributed by atoms with E-state index in [1.54, 1.807) is 42.6 Å². The van der Waals surface area contributed by atoms with Crippen LogP contribution < -0.4 is 4.72 Å². The first-order valence-corrected chi connectivity index (χ1v) is 12.2. The van der Waals surface area contributed by atoms with Crippen LogP contribution in [0.2, 0.25) is 0 Å². The summed E-state index contributed by atoms with van der Waals surface area (Å²) in [4.78, 5) is 0.172. The number of halogens is 1. The Morgan fingerprint density at radius 3 is 2.47 bits per heavy atom. The second kappa shape index (κ2) is 8.17. The molecule has 0 spiro atoms. The molecule has 1 aromatic heterocycles. The Labute approximate surface area is 183 Å². The van der Waals surface area contributed by atoms with E-state index in [4.69, 9.17) is 0 Å². The number of nitrogens with one attached hydrogen (secondary N) is 1. The van der Waals surface area contributed by atoms with Gasteiger partial charge in [-0.25, -0.2) is 13.1 Å². The van der Waals surface area contributed by atoms with Crippen LogP contribution in [-0.4, -0.2) is 32.7 Å². The standard InChI is InChI=1S/C19H15BrN4O4S2/c20-13-5-7-14(8-6-13)30(27,28)22-17-11-18(29(26)12-24-10-9-21-23-24)19(25)16-4-2-1-3-15(16)17/h1-11,22,25H,12H2. The van der Waals surface area contributed by atoms with E-state index in [2.05, 4.69) is 31.0 Å². The lowest BCUT2D eigenvalue weighted by atomic mass is 10.1. The summed E-state index contributed by atoms with van der Waals surface area (Å²) >= 11 is 3.28. The van der Waals surface area contributed by atoms with Crippen molar-refractivity contribution in [1.82, 2.24) is 15.0 Å². The topological polar surface area (TPSA) is 114 Å². The molecule has 0 fully saturated rings. The third-order valence-electron chi connectivity index (χ3n) is 4.32. The molecule has 2 N–H and O–H groups in total. The Balaban J connectivity index is 1.80. The lowest BCUT2D eigenvalue weighted by Crippen LogP contribution is -2.14. The Morgan fingerprint density at radius 2 is 1.80 bits per heavy atom. The molecule has 1 atom stereocenters. The fourth-order valence-corrected chi connectivity index (χ4v) is 5.33. The van der Waals surface area contributed by atoms with Gasteiger partial charge in [-0.15, -0.1) is 5.10 Å². The van der Waals surface area contributed by atoms with Crippen molar-refractivity contribution in [3.63, 3.8) is 0 Å². The maximum Gasteiger partial charge on any atom is 0.261 e. The van der Waals surface area contributed by atoms with Crippen molar-refractivity contribution in [2.24, 2.45) is 0 Å². The van der Waals surface area contributed by atoms with Gasteiger partial charge < -0.3 is 5.11 Å². The molecule has 0 bridgehead atoms. The van der Waals surface area contributed by atoms with Crippen molar-refractivity contribution in [2.75, 3.05) is 4.72 Å². The van der Waals surface area contributed by atoms with Crippen LogP contribution in [0.25, 0.3) is 10.8 Å². The Bertz CT molecular complexity index is 1340. The quantitative estimate of drug-likeness (QED) is 0.387. The van der Waals surface area contributed by atoms with Crippen LogP contribution in [0.1, 0.15) is 0 Å². The van der Waals surface area contributed by atoms with Gasteiger partial charge in [0.15, 0.2) is 0 Å². The van der Waals surface area contributed by atoms with Gasteiger partial charge in [-0.3, -0.25) is 8.93 Å². The van der Waals surface area contributed by atoms with E-state index in [-0.39, 0.29) is 27.1 Å².